The van der Waals surface area contributed by atoms with Crippen LogP contribution in [0.4, 0.5) is 17.1 Å². The standard InChI is InChI=1S/C25H26N4O7S2/c30-25(26-20-12-14-24(15-13-20)37(33,34)27-16-5-2-6-17-27)19-28(21-8-7-9-22(18-21)29(31)32)38(35,36)23-10-3-1-4-11-23/h1,3-4,7-15,18H,2,5-6,16-17,19H2,(H,26,30). The number of carbonyl (C=O) groups is 1. The topological polar surface area (TPSA) is 147 Å². The smallest absolute Gasteiger partial charge is 0.271 e. The van der Waals surface area contributed by atoms with Crippen LogP contribution in [0.15, 0.2) is 88.7 Å². The molecular weight excluding hydrogens is 532 g/mol. The van der Waals surface area contributed by atoms with E-state index in [-0.39, 0.29) is 26.9 Å². The van der Waals surface area contributed by atoms with E-state index in [2.05, 4.69) is 5.32 Å². The molecule has 11 nitrogen and oxygen atoms in total. The molecule has 1 fully saturated rings. The highest BCUT2D eigenvalue weighted by molar-refractivity contribution is 7.92. The predicted molar refractivity (Wildman–Crippen MR) is 142 cm³/mol. The third-order valence-electron chi connectivity index (χ3n) is 6.04. The highest BCUT2D eigenvalue weighted by atomic mass is 32.2. The minimum Gasteiger partial charge on any atom is -0.325 e. The number of non-ortho nitro benzene ring substituents is 1. The first-order chi connectivity index (χ1) is 18.1. The number of nitrogens with one attached hydrogen (secondary N) is 1. The van der Waals surface area contributed by atoms with Crippen LogP contribution in [0.1, 0.15) is 19.3 Å². The van der Waals surface area contributed by atoms with Gasteiger partial charge in [-0.2, -0.15) is 4.31 Å². The van der Waals surface area contributed by atoms with E-state index in [0.29, 0.717) is 13.1 Å². The fourth-order valence-electron chi connectivity index (χ4n) is 4.09. The Morgan fingerprint density at radius 2 is 1.53 bits per heavy atom. The van der Waals surface area contributed by atoms with E-state index in [1.54, 1.807) is 6.07 Å². The Kier molecular flexibility index (Phi) is 8.09. The zero-order valence-corrected chi connectivity index (χ0v) is 21.9. The summed E-state index contributed by atoms with van der Waals surface area (Å²) in [6.45, 7) is 0.251. The number of piperidine rings is 1. The molecule has 1 heterocycles. The summed E-state index contributed by atoms with van der Waals surface area (Å²) in [7, 11) is -7.90. The van der Waals surface area contributed by atoms with Gasteiger partial charge in [-0.3, -0.25) is 19.2 Å². The van der Waals surface area contributed by atoms with Gasteiger partial charge in [-0.15, -0.1) is 0 Å². The van der Waals surface area contributed by atoms with Crippen molar-refractivity contribution in [3.05, 3.63) is 89.0 Å². The highest BCUT2D eigenvalue weighted by Gasteiger charge is 2.29. The molecule has 0 saturated carbocycles. The van der Waals surface area contributed by atoms with Crippen LogP contribution in [0.2, 0.25) is 0 Å². The number of carbonyl (C=O) groups excluding carboxylic acids is 1. The van der Waals surface area contributed by atoms with Crippen LogP contribution in [0.5, 0.6) is 0 Å². The SMILES string of the molecule is O=C(CN(c1cccc([N+](=O)[O-])c1)S(=O)(=O)c1ccccc1)Nc1ccc(S(=O)(=O)N2CCCCC2)cc1. The molecule has 0 bridgehead atoms. The number of hydrogen-bond acceptors (Lipinski definition) is 7. The van der Waals surface area contributed by atoms with E-state index in [1.165, 1.54) is 71.0 Å². The summed E-state index contributed by atoms with van der Waals surface area (Å²) in [4.78, 5) is 23.6. The van der Waals surface area contributed by atoms with Gasteiger partial charge in [0.05, 0.1) is 20.4 Å². The van der Waals surface area contributed by atoms with Gasteiger partial charge in [-0.1, -0.05) is 30.7 Å². The minimum absolute atomic E-state index is 0.0545. The molecule has 1 N–H and O–H groups in total. The summed E-state index contributed by atoms with van der Waals surface area (Å²) < 4.78 is 54.8. The maximum Gasteiger partial charge on any atom is 0.271 e. The normalized spacial score (nSPS) is 14.5. The monoisotopic (exact) mass is 558 g/mol. The Labute approximate surface area is 220 Å². The maximum atomic E-state index is 13.4. The van der Waals surface area contributed by atoms with Gasteiger partial charge in [-0.05, 0) is 55.3 Å². The van der Waals surface area contributed by atoms with Gasteiger partial charge in [0.1, 0.15) is 6.54 Å². The van der Waals surface area contributed by atoms with Crippen molar-refractivity contribution in [2.75, 3.05) is 29.3 Å². The molecule has 0 atom stereocenters. The minimum atomic E-state index is -4.26. The molecule has 13 heteroatoms. The summed E-state index contributed by atoms with van der Waals surface area (Å²) in [6, 6.07) is 18.0. The van der Waals surface area contributed by atoms with E-state index in [1.807, 2.05) is 0 Å². The van der Waals surface area contributed by atoms with Gasteiger partial charge in [-0.25, -0.2) is 16.8 Å². The fourth-order valence-corrected chi connectivity index (χ4v) is 7.04. The number of sulfonamides is 2. The molecule has 0 radical (unpaired) electrons. The molecule has 3 aromatic carbocycles. The van der Waals surface area contributed by atoms with Crippen molar-refractivity contribution in [2.24, 2.45) is 0 Å². The number of anilines is 2. The van der Waals surface area contributed by atoms with Crippen LogP contribution in [0.25, 0.3) is 0 Å². The summed E-state index contributed by atoms with van der Waals surface area (Å²) in [5, 5.41) is 13.8. The summed E-state index contributed by atoms with van der Waals surface area (Å²) in [5.41, 5.74) is -0.119. The first-order valence-electron chi connectivity index (χ1n) is 11.8. The number of amides is 1. The molecule has 1 amide bonds. The number of nitrogens with zero attached hydrogens (tertiary/aromatic N) is 3. The fraction of sp³-hybridized carbons (Fsp3) is 0.240. The Morgan fingerprint density at radius 3 is 2.16 bits per heavy atom. The Balaban J connectivity index is 1.57. The van der Waals surface area contributed by atoms with E-state index < -0.39 is 37.4 Å². The van der Waals surface area contributed by atoms with Crippen LogP contribution in [0.3, 0.4) is 0 Å². The van der Waals surface area contributed by atoms with Crippen LogP contribution in [-0.4, -0.2) is 51.6 Å². The molecule has 38 heavy (non-hydrogen) atoms. The lowest BCUT2D eigenvalue weighted by Crippen LogP contribution is -2.38. The van der Waals surface area contributed by atoms with Crippen molar-refractivity contribution in [3.8, 4) is 0 Å². The van der Waals surface area contributed by atoms with Crippen molar-refractivity contribution < 1.29 is 26.6 Å². The lowest BCUT2D eigenvalue weighted by Gasteiger charge is -2.26. The van der Waals surface area contributed by atoms with Crippen molar-refractivity contribution in [1.29, 1.82) is 0 Å². The average molecular weight is 559 g/mol. The predicted octanol–water partition coefficient (Wildman–Crippen LogP) is 3.60. The van der Waals surface area contributed by atoms with Gasteiger partial charge >= 0.3 is 0 Å². The highest BCUT2D eigenvalue weighted by Crippen LogP contribution is 2.27. The Hall–Kier alpha value is -3.81. The summed E-state index contributed by atoms with van der Waals surface area (Å²) in [5.74, 6) is -0.720. The van der Waals surface area contributed by atoms with Crippen LogP contribution in [0, 0.1) is 10.1 Å². The van der Waals surface area contributed by atoms with Gasteiger partial charge < -0.3 is 5.32 Å². The number of rotatable bonds is 9. The number of benzene rings is 3. The van der Waals surface area contributed by atoms with E-state index in [4.69, 9.17) is 0 Å². The molecule has 4 rings (SSSR count). The maximum absolute atomic E-state index is 13.4. The zero-order valence-electron chi connectivity index (χ0n) is 20.3. The van der Waals surface area contributed by atoms with Crippen LogP contribution in [-0.2, 0) is 24.8 Å². The number of nitro benzene ring substituents is 1. The number of hydrogen-bond donors (Lipinski definition) is 1. The lowest BCUT2D eigenvalue weighted by atomic mass is 10.2. The zero-order chi connectivity index (χ0) is 27.3. The van der Waals surface area contributed by atoms with Crippen LogP contribution >= 0.6 is 0 Å². The first kappa shape index (κ1) is 27.2. The van der Waals surface area contributed by atoms with Crippen molar-refractivity contribution in [2.45, 2.75) is 29.1 Å². The van der Waals surface area contributed by atoms with Gasteiger partial charge in [0.15, 0.2) is 0 Å². The van der Waals surface area contributed by atoms with Crippen molar-refractivity contribution in [3.63, 3.8) is 0 Å². The largest absolute Gasteiger partial charge is 0.325 e. The third-order valence-corrected chi connectivity index (χ3v) is 9.74. The van der Waals surface area contributed by atoms with E-state index in [9.17, 15) is 31.7 Å². The average Bonchev–Trinajstić information content (AvgIpc) is 2.93. The van der Waals surface area contributed by atoms with Crippen molar-refractivity contribution >= 4 is 43.0 Å². The van der Waals surface area contributed by atoms with Gasteiger partial charge in [0, 0.05) is 30.9 Å². The third kappa shape index (κ3) is 6.01. The quantitative estimate of drug-likeness (QED) is 0.312. The summed E-state index contributed by atoms with van der Waals surface area (Å²) in [6.07, 6.45) is 2.60. The molecule has 200 valence electrons. The second-order valence-electron chi connectivity index (χ2n) is 8.64. The van der Waals surface area contributed by atoms with Gasteiger partial charge in [0.25, 0.3) is 15.7 Å². The molecule has 0 spiro atoms. The lowest BCUT2D eigenvalue weighted by molar-refractivity contribution is -0.384. The molecule has 0 aromatic heterocycles. The molecule has 1 saturated heterocycles. The second kappa shape index (κ2) is 11.3. The molecule has 3 aromatic rings. The molecule has 0 unspecified atom stereocenters. The second-order valence-corrected chi connectivity index (χ2v) is 12.4. The molecular formula is C25H26N4O7S2. The van der Waals surface area contributed by atoms with E-state index in [0.717, 1.165) is 29.6 Å². The molecule has 1 aliphatic heterocycles. The summed E-state index contributed by atoms with van der Waals surface area (Å²) >= 11 is 0. The Bertz CT molecular complexity index is 1520. The van der Waals surface area contributed by atoms with Crippen molar-refractivity contribution in [1.82, 2.24) is 4.31 Å². The Morgan fingerprint density at radius 1 is 0.868 bits per heavy atom. The first-order valence-corrected chi connectivity index (χ1v) is 14.7. The molecule has 1 aliphatic rings. The van der Waals surface area contributed by atoms with Crippen LogP contribution < -0.4 is 9.62 Å². The van der Waals surface area contributed by atoms with E-state index >= 15 is 0 Å². The molecule has 0 aliphatic carbocycles. The number of nitro groups is 1. The van der Waals surface area contributed by atoms with Gasteiger partial charge in [0.2, 0.25) is 15.9 Å².